The predicted octanol–water partition coefficient (Wildman–Crippen LogP) is 3.90. The van der Waals surface area contributed by atoms with Crippen molar-refractivity contribution in [3.63, 3.8) is 0 Å². The standard InChI is InChI=1S/C17H18BrNO4S2/c1-22-15-8-3-12(11-16(15)23-2)17-19(9-10-24-17)25(20,21)14-6-4-13(18)5-7-14/h3-8,11,17H,9-10H2,1-2H3/t17-/m1/s1. The van der Waals surface area contributed by atoms with Gasteiger partial charge in [0.1, 0.15) is 0 Å². The molecule has 8 heteroatoms. The third kappa shape index (κ3) is 3.67. The van der Waals surface area contributed by atoms with Crippen LogP contribution in [-0.2, 0) is 10.0 Å². The summed E-state index contributed by atoms with van der Waals surface area (Å²) in [6.45, 7) is 0.474. The van der Waals surface area contributed by atoms with E-state index in [0.717, 1.165) is 15.8 Å². The van der Waals surface area contributed by atoms with Crippen molar-refractivity contribution in [3.05, 3.63) is 52.5 Å². The van der Waals surface area contributed by atoms with Crippen LogP contribution in [0.15, 0.2) is 51.8 Å². The van der Waals surface area contributed by atoms with E-state index in [1.807, 2.05) is 12.1 Å². The predicted molar refractivity (Wildman–Crippen MR) is 103 cm³/mol. The van der Waals surface area contributed by atoms with Gasteiger partial charge >= 0.3 is 0 Å². The Balaban J connectivity index is 1.96. The molecule has 1 aliphatic heterocycles. The molecular weight excluding hydrogens is 426 g/mol. The van der Waals surface area contributed by atoms with E-state index in [9.17, 15) is 8.42 Å². The Kier molecular flexibility index (Phi) is 5.62. The van der Waals surface area contributed by atoms with Gasteiger partial charge in [-0.05, 0) is 42.0 Å². The summed E-state index contributed by atoms with van der Waals surface area (Å²) >= 11 is 4.94. The Bertz CT molecular complexity index is 855. The molecule has 1 fully saturated rings. The summed E-state index contributed by atoms with van der Waals surface area (Å²) < 4.78 is 39.1. The van der Waals surface area contributed by atoms with E-state index in [1.165, 1.54) is 0 Å². The first-order valence-electron chi connectivity index (χ1n) is 7.58. The number of halogens is 1. The molecule has 0 aliphatic carbocycles. The number of sulfonamides is 1. The number of methoxy groups -OCH3 is 2. The first kappa shape index (κ1) is 18.6. The molecule has 0 saturated carbocycles. The van der Waals surface area contributed by atoms with Crippen molar-refractivity contribution >= 4 is 37.7 Å². The number of hydrogen-bond donors (Lipinski definition) is 0. The lowest BCUT2D eigenvalue weighted by Gasteiger charge is -2.24. The molecule has 1 aliphatic rings. The van der Waals surface area contributed by atoms with Crippen molar-refractivity contribution in [1.82, 2.24) is 4.31 Å². The van der Waals surface area contributed by atoms with Gasteiger partial charge in [-0.2, -0.15) is 4.31 Å². The van der Waals surface area contributed by atoms with Crippen LogP contribution in [0, 0.1) is 0 Å². The topological polar surface area (TPSA) is 55.8 Å². The lowest BCUT2D eigenvalue weighted by atomic mass is 10.2. The molecule has 25 heavy (non-hydrogen) atoms. The summed E-state index contributed by atoms with van der Waals surface area (Å²) in [6, 6.07) is 12.2. The molecule has 0 amide bonds. The molecule has 134 valence electrons. The molecule has 0 spiro atoms. The normalized spacial score (nSPS) is 18.3. The molecule has 1 atom stereocenters. The summed E-state index contributed by atoms with van der Waals surface area (Å²) in [5.41, 5.74) is 0.876. The van der Waals surface area contributed by atoms with E-state index in [1.54, 1.807) is 60.6 Å². The van der Waals surface area contributed by atoms with Gasteiger partial charge in [0.25, 0.3) is 0 Å². The van der Waals surface area contributed by atoms with Crippen molar-refractivity contribution in [1.29, 1.82) is 0 Å². The number of rotatable bonds is 5. The van der Waals surface area contributed by atoms with Gasteiger partial charge < -0.3 is 9.47 Å². The van der Waals surface area contributed by atoms with E-state index in [4.69, 9.17) is 9.47 Å². The Labute approximate surface area is 160 Å². The fourth-order valence-corrected chi connectivity index (χ4v) is 6.21. The van der Waals surface area contributed by atoms with E-state index in [0.29, 0.717) is 22.9 Å². The number of ether oxygens (including phenoxy) is 2. The zero-order chi connectivity index (χ0) is 18.0. The minimum Gasteiger partial charge on any atom is -0.493 e. The fraction of sp³-hybridized carbons (Fsp3) is 0.294. The average molecular weight is 444 g/mol. The van der Waals surface area contributed by atoms with Gasteiger partial charge in [-0.25, -0.2) is 8.42 Å². The fourth-order valence-electron chi connectivity index (χ4n) is 2.71. The zero-order valence-corrected chi connectivity index (χ0v) is 17.0. The van der Waals surface area contributed by atoms with Gasteiger partial charge in [0.15, 0.2) is 11.5 Å². The van der Waals surface area contributed by atoms with Crippen LogP contribution in [0.2, 0.25) is 0 Å². The van der Waals surface area contributed by atoms with Crippen LogP contribution in [0.3, 0.4) is 0 Å². The average Bonchev–Trinajstić information content (AvgIpc) is 3.12. The van der Waals surface area contributed by atoms with Crippen LogP contribution in [-0.4, -0.2) is 39.2 Å². The second-order valence-corrected chi connectivity index (χ2v) is 9.40. The van der Waals surface area contributed by atoms with E-state index >= 15 is 0 Å². The van der Waals surface area contributed by atoms with Gasteiger partial charge in [-0.3, -0.25) is 0 Å². The molecule has 0 N–H and O–H groups in total. The van der Waals surface area contributed by atoms with Gasteiger partial charge in [0, 0.05) is 16.8 Å². The van der Waals surface area contributed by atoms with Crippen LogP contribution in [0.5, 0.6) is 11.5 Å². The van der Waals surface area contributed by atoms with Gasteiger partial charge in [-0.15, -0.1) is 11.8 Å². The van der Waals surface area contributed by atoms with E-state index in [2.05, 4.69) is 15.9 Å². The molecule has 0 aromatic heterocycles. The first-order chi connectivity index (χ1) is 12.0. The van der Waals surface area contributed by atoms with Crippen molar-refractivity contribution in [2.75, 3.05) is 26.5 Å². The zero-order valence-electron chi connectivity index (χ0n) is 13.8. The van der Waals surface area contributed by atoms with E-state index < -0.39 is 10.0 Å². The monoisotopic (exact) mass is 443 g/mol. The number of benzene rings is 2. The van der Waals surface area contributed by atoms with Gasteiger partial charge in [-0.1, -0.05) is 22.0 Å². The molecule has 2 aromatic carbocycles. The first-order valence-corrected chi connectivity index (χ1v) is 10.9. The Morgan fingerprint density at radius 3 is 2.40 bits per heavy atom. The third-order valence-corrected chi connectivity index (χ3v) is 7.76. The molecule has 2 aromatic rings. The molecule has 1 saturated heterocycles. The van der Waals surface area contributed by atoms with Crippen LogP contribution >= 0.6 is 27.7 Å². The van der Waals surface area contributed by atoms with Crippen LogP contribution in [0.4, 0.5) is 0 Å². The number of thioether (sulfide) groups is 1. The quantitative estimate of drug-likeness (QED) is 0.700. The summed E-state index contributed by atoms with van der Waals surface area (Å²) in [5, 5.41) is -0.284. The lowest BCUT2D eigenvalue weighted by molar-refractivity contribution is 0.353. The summed E-state index contributed by atoms with van der Waals surface area (Å²) in [5.74, 6) is 1.96. The second-order valence-electron chi connectivity index (χ2n) is 5.41. The van der Waals surface area contributed by atoms with Crippen LogP contribution < -0.4 is 9.47 Å². The highest BCUT2D eigenvalue weighted by Crippen LogP contribution is 2.43. The summed E-state index contributed by atoms with van der Waals surface area (Å²) in [6.07, 6.45) is 0. The highest BCUT2D eigenvalue weighted by Gasteiger charge is 2.37. The number of hydrogen-bond acceptors (Lipinski definition) is 5. The van der Waals surface area contributed by atoms with Crippen LogP contribution in [0.1, 0.15) is 10.9 Å². The Morgan fingerprint density at radius 1 is 1.08 bits per heavy atom. The SMILES string of the molecule is COc1ccc([C@H]2SCCN2S(=O)(=O)c2ccc(Br)cc2)cc1OC. The van der Waals surface area contributed by atoms with E-state index in [-0.39, 0.29) is 5.37 Å². The summed E-state index contributed by atoms with van der Waals surface area (Å²) in [4.78, 5) is 0.295. The van der Waals surface area contributed by atoms with Gasteiger partial charge in [0.05, 0.1) is 24.5 Å². The molecule has 3 rings (SSSR count). The van der Waals surface area contributed by atoms with Crippen LogP contribution in [0.25, 0.3) is 0 Å². The van der Waals surface area contributed by atoms with Crippen molar-refractivity contribution < 1.29 is 17.9 Å². The highest BCUT2D eigenvalue weighted by molar-refractivity contribution is 9.10. The molecule has 0 unspecified atom stereocenters. The lowest BCUT2D eigenvalue weighted by Crippen LogP contribution is -2.30. The largest absolute Gasteiger partial charge is 0.493 e. The molecule has 1 heterocycles. The maximum atomic E-state index is 13.0. The highest BCUT2D eigenvalue weighted by atomic mass is 79.9. The minimum atomic E-state index is -3.57. The Morgan fingerprint density at radius 2 is 1.76 bits per heavy atom. The van der Waals surface area contributed by atoms with Crippen molar-refractivity contribution in [2.45, 2.75) is 10.3 Å². The molecule has 0 bridgehead atoms. The number of nitrogens with zero attached hydrogens (tertiary/aromatic N) is 1. The maximum absolute atomic E-state index is 13.0. The van der Waals surface area contributed by atoms with Crippen molar-refractivity contribution in [2.24, 2.45) is 0 Å². The summed E-state index contributed by atoms with van der Waals surface area (Å²) in [7, 11) is -0.424. The van der Waals surface area contributed by atoms with Gasteiger partial charge in [0.2, 0.25) is 10.0 Å². The Hall–Kier alpha value is -1.22. The smallest absolute Gasteiger partial charge is 0.244 e. The molecule has 0 radical (unpaired) electrons. The molecular formula is C17H18BrNO4S2. The van der Waals surface area contributed by atoms with Crippen molar-refractivity contribution in [3.8, 4) is 11.5 Å². The molecule has 5 nitrogen and oxygen atoms in total. The minimum absolute atomic E-state index is 0.284. The third-order valence-electron chi connectivity index (χ3n) is 3.96. The second kappa shape index (κ2) is 7.57. The maximum Gasteiger partial charge on any atom is 0.244 e.